The van der Waals surface area contributed by atoms with E-state index in [1.165, 1.54) is 18.5 Å². The van der Waals surface area contributed by atoms with Crippen molar-refractivity contribution in [2.45, 2.75) is 66.1 Å². The van der Waals surface area contributed by atoms with Gasteiger partial charge in [-0.1, -0.05) is 41.5 Å². The number of ether oxygens (including phenoxy) is 4. The molecule has 10 nitrogen and oxygen atoms in total. The van der Waals surface area contributed by atoms with Crippen LogP contribution < -0.4 is 5.69 Å². The van der Waals surface area contributed by atoms with Crippen LogP contribution in [0.25, 0.3) is 0 Å². The second-order valence-electron chi connectivity index (χ2n) is 8.27. The van der Waals surface area contributed by atoms with Crippen molar-refractivity contribution in [3.05, 3.63) is 28.9 Å². The number of rotatable bonds is 8. The fourth-order valence-electron chi connectivity index (χ4n) is 2.77. The van der Waals surface area contributed by atoms with E-state index in [0.29, 0.717) is 0 Å². The maximum atomic E-state index is 12.4. The zero-order valence-electron chi connectivity index (χ0n) is 18.6. The number of esters is 3. The molecule has 4 atom stereocenters. The van der Waals surface area contributed by atoms with E-state index < -0.39 is 60.0 Å². The van der Waals surface area contributed by atoms with Gasteiger partial charge in [-0.2, -0.15) is 0 Å². The van der Waals surface area contributed by atoms with Crippen LogP contribution in [-0.2, 0) is 33.3 Å². The van der Waals surface area contributed by atoms with Gasteiger partial charge in [0.15, 0.2) is 18.4 Å². The molecule has 1 fully saturated rings. The fraction of sp³-hybridized carbons (Fsp3) is 0.667. The first-order valence-corrected chi connectivity index (χ1v) is 10.3. The van der Waals surface area contributed by atoms with Crippen molar-refractivity contribution in [2.24, 2.45) is 17.8 Å². The van der Waals surface area contributed by atoms with Crippen molar-refractivity contribution in [1.82, 2.24) is 9.55 Å². The molecule has 0 amide bonds. The van der Waals surface area contributed by atoms with Gasteiger partial charge in [-0.3, -0.25) is 19.0 Å². The molecule has 0 radical (unpaired) electrons. The molecule has 0 unspecified atom stereocenters. The molecule has 2 heterocycles. The number of nitrogens with zero attached hydrogens (tertiary/aromatic N) is 2. The van der Waals surface area contributed by atoms with Crippen molar-refractivity contribution < 1.29 is 33.3 Å². The van der Waals surface area contributed by atoms with E-state index in [4.69, 9.17) is 18.9 Å². The summed E-state index contributed by atoms with van der Waals surface area (Å²) in [7, 11) is 0. The highest BCUT2D eigenvalue weighted by atomic mass is 16.7. The average molecular weight is 438 g/mol. The molecule has 172 valence electrons. The Morgan fingerprint density at radius 3 is 2.03 bits per heavy atom. The first kappa shape index (κ1) is 24.5. The number of aromatic nitrogens is 2. The van der Waals surface area contributed by atoms with E-state index in [1.54, 1.807) is 41.5 Å². The molecule has 1 aliphatic rings. The van der Waals surface area contributed by atoms with Crippen molar-refractivity contribution in [3.8, 4) is 0 Å². The summed E-state index contributed by atoms with van der Waals surface area (Å²) < 4.78 is 23.6. The lowest BCUT2D eigenvalue weighted by Gasteiger charge is -2.26. The van der Waals surface area contributed by atoms with Gasteiger partial charge >= 0.3 is 23.6 Å². The molecule has 1 aliphatic heterocycles. The van der Waals surface area contributed by atoms with Crippen LogP contribution in [0.3, 0.4) is 0 Å². The van der Waals surface area contributed by atoms with Crippen LogP contribution in [0.1, 0.15) is 47.8 Å². The Balaban J connectivity index is 2.42. The van der Waals surface area contributed by atoms with Crippen LogP contribution in [0, 0.1) is 17.8 Å². The maximum Gasteiger partial charge on any atom is 0.349 e. The monoisotopic (exact) mass is 438 g/mol. The third-order valence-corrected chi connectivity index (χ3v) is 4.61. The Hall–Kier alpha value is -2.75. The molecule has 1 aromatic rings. The molecule has 0 spiro atoms. The Morgan fingerprint density at radius 1 is 0.968 bits per heavy atom. The van der Waals surface area contributed by atoms with Gasteiger partial charge in [0.25, 0.3) is 0 Å². The number of hydrogen-bond donors (Lipinski definition) is 0. The first-order chi connectivity index (χ1) is 14.5. The van der Waals surface area contributed by atoms with Crippen molar-refractivity contribution >= 4 is 17.9 Å². The second kappa shape index (κ2) is 10.5. The van der Waals surface area contributed by atoms with Gasteiger partial charge in [-0.15, -0.1) is 0 Å². The molecule has 0 bridgehead atoms. The molecule has 1 saturated heterocycles. The summed E-state index contributed by atoms with van der Waals surface area (Å²) in [4.78, 5) is 52.7. The van der Waals surface area contributed by atoms with Gasteiger partial charge in [-0.25, -0.2) is 9.78 Å². The lowest BCUT2D eigenvalue weighted by Crippen LogP contribution is -2.43. The molecule has 0 saturated carbocycles. The molecule has 1 aromatic heterocycles. The summed E-state index contributed by atoms with van der Waals surface area (Å²) in [6.45, 7) is 9.74. The van der Waals surface area contributed by atoms with E-state index in [-0.39, 0.29) is 12.5 Å². The van der Waals surface area contributed by atoms with Crippen molar-refractivity contribution in [1.29, 1.82) is 0 Å². The fourth-order valence-corrected chi connectivity index (χ4v) is 2.77. The minimum absolute atomic E-state index is 0.242. The highest BCUT2D eigenvalue weighted by molar-refractivity contribution is 5.73. The highest BCUT2D eigenvalue weighted by Crippen LogP contribution is 2.34. The van der Waals surface area contributed by atoms with Gasteiger partial charge < -0.3 is 18.9 Å². The topological polar surface area (TPSA) is 123 Å². The van der Waals surface area contributed by atoms with E-state index >= 15 is 0 Å². The predicted molar refractivity (Wildman–Crippen MR) is 108 cm³/mol. The summed E-state index contributed by atoms with van der Waals surface area (Å²) in [6, 6.07) is 1.52. The lowest BCUT2D eigenvalue weighted by atomic mass is 10.1. The van der Waals surface area contributed by atoms with Gasteiger partial charge in [0.1, 0.15) is 12.7 Å². The third kappa shape index (κ3) is 6.13. The summed E-state index contributed by atoms with van der Waals surface area (Å²) in [5.74, 6) is -2.86. The predicted octanol–water partition coefficient (Wildman–Crippen LogP) is 1.48. The minimum Gasteiger partial charge on any atom is -0.463 e. The zero-order chi connectivity index (χ0) is 23.3. The minimum atomic E-state index is -1.14. The smallest absolute Gasteiger partial charge is 0.349 e. The lowest BCUT2D eigenvalue weighted by molar-refractivity contribution is -0.173. The highest BCUT2D eigenvalue weighted by Gasteiger charge is 2.51. The summed E-state index contributed by atoms with van der Waals surface area (Å²) >= 11 is 0. The molecule has 10 heteroatoms. The van der Waals surface area contributed by atoms with Crippen molar-refractivity contribution in [2.75, 3.05) is 6.61 Å². The Kier molecular flexibility index (Phi) is 8.32. The summed E-state index contributed by atoms with van der Waals surface area (Å²) in [5.41, 5.74) is -0.633. The Labute approximate surface area is 180 Å². The molecule has 0 aromatic carbocycles. The Morgan fingerprint density at radius 2 is 1.52 bits per heavy atom. The summed E-state index contributed by atoms with van der Waals surface area (Å²) in [5, 5.41) is 0. The maximum absolute atomic E-state index is 12.4. The SMILES string of the molecule is CC(C)C(=O)OC[C@H]1O[C@@H](n2cccnc2=O)[C@@H](OC(=O)C(C)C)[C@H]1OC(=O)C(C)C. The molecule has 0 aliphatic carbocycles. The Bertz CT molecular complexity index is 848. The van der Waals surface area contributed by atoms with E-state index in [1.807, 2.05) is 0 Å². The average Bonchev–Trinajstić information content (AvgIpc) is 3.03. The normalized spacial score (nSPS) is 23.3. The molecular weight excluding hydrogens is 408 g/mol. The number of carbonyl (C=O) groups excluding carboxylic acids is 3. The van der Waals surface area contributed by atoms with Gasteiger partial charge in [0.2, 0.25) is 0 Å². The van der Waals surface area contributed by atoms with Gasteiger partial charge in [0, 0.05) is 12.4 Å². The molecule has 31 heavy (non-hydrogen) atoms. The quantitative estimate of drug-likeness (QED) is 0.438. The number of carbonyl (C=O) groups is 3. The van der Waals surface area contributed by atoms with Crippen LogP contribution in [0.5, 0.6) is 0 Å². The van der Waals surface area contributed by atoms with E-state index in [2.05, 4.69) is 4.98 Å². The number of hydrogen-bond acceptors (Lipinski definition) is 9. The van der Waals surface area contributed by atoms with Gasteiger partial charge in [0.05, 0.1) is 17.8 Å². The van der Waals surface area contributed by atoms with Crippen LogP contribution in [-0.4, -0.2) is 52.4 Å². The van der Waals surface area contributed by atoms with Crippen LogP contribution >= 0.6 is 0 Å². The van der Waals surface area contributed by atoms with Crippen molar-refractivity contribution in [3.63, 3.8) is 0 Å². The summed E-state index contributed by atoms with van der Waals surface area (Å²) in [6.07, 6.45) is -1.54. The third-order valence-electron chi connectivity index (χ3n) is 4.61. The standard InChI is InChI=1S/C21H30N2O8/c1-11(2)18(24)28-10-14-15(30-19(25)12(3)4)16(31-20(26)13(5)6)17(29-14)23-9-7-8-22-21(23)27/h7-9,11-17H,10H2,1-6H3/t14-,15+,16+,17-/m1/s1. The second-order valence-corrected chi connectivity index (χ2v) is 8.27. The van der Waals surface area contributed by atoms with Crippen LogP contribution in [0.15, 0.2) is 23.3 Å². The first-order valence-electron chi connectivity index (χ1n) is 10.3. The van der Waals surface area contributed by atoms with Gasteiger partial charge in [-0.05, 0) is 6.07 Å². The van der Waals surface area contributed by atoms with Crippen LogP contribution in [0.4, 0.5) is 0 Å². The zero-order valence-corrected chi connectivity index (χ0v) is 18.6. The molecule has 0 N–H and O–H groups in total. The van der Waals surface area contributed by atoms with Crippen LogP contribution in [0.2, 0.25) is 0 Å². The van der Waals surface area contributed by atoms with E-state index in [0.717, 1.165) is 4.57 Å². The largest absolute Gasteiger partial charge is 0.463 e. The molecular formula is C21H30N2O8. The molecule has 2 rings (SSSR count). The van der Waals surface area contributed by atoms with E-state index in [9.17, 15) is 19.2 Å².